The monoisotopic (exact) mass is 229 g/mol. The van der Waals surface area contributed by atoms with Crippen molar-refractivity contribution in [3.8, 4) is 0 Å². The van der Waals surface area contributed by atoms with Crippen LogP contribution in [0.4, 0.5) is 4.79 Å². The van der Waals surface area contributed by atoms with Gasteiger partial charge in [0.15, 0.2) is 0 Å². The summed E-state index contributed by atoms with van der Waals surface area (Å²) >= 11 is 0. The van der Waals surface area contributed by atoms with Crippen LogP contribution in [0.5, 0.6) is 0 Å². The first-order chi connectivity index (χ1) is 6.61. The fourth-order valence-corrected chi connectivity index (χ4v) is 1.27. The number of carbonyl (C=O) groups is 1. The number of rotatable bonds is 3. The number of nitrogens with two attached hydrogens (primary N) is 2. The third-order valence-corrected chi connectivity index (χ3v) is 2.10. The van der Waals surface area contributed by atoms with E-state index < -0.39 is 6.03 Å². The van der Waals surface area contributed by atoms with E-state index in [2.05, 4.69) is 0 Å². The van der Waals surface area contributed by atoms with Crippen LogP contribution in [0.25, 0.3) is 0 Å². The van der Waals surface area contributed by atoms with Crippen LogP contribution in [0, 0.1) is 0 Å². The van der Waals surface area contributed by atoms with Gasteiger partial charge in [-0.2, -0.15) is 0 Å². The summed E-state index contributed by atoms with van der Waals surface area (Å²) in [6, 6.07) is 9.14. The number of primary amides is 1. The van der Waals surface area contributed by atoms with E-state index in [1.165, 1.54) is 0 Å². The SMILES string of the molecule is CC(Cc1ccccc1)N(N)C(N)=O.Cl. The minimum atomic E-state index is -0.603. The highest BCUT2D eigenvalue weighted by atomic mass is 35.5. The van der Waals surface area contributed by atoms with Crippen molar-refractivity contribution >= 4 is 18.4 Å². The van der Waals surface area contributed by atoms with E-state index in [9.17, 15) is 4.79 Å². The molecule has 0 heterocycles. The van der Waals surface area contributed by atoms with Gasteiger partial charge in [0.25, 0.3) is 0 Å². The topological polar surface area (TPSA) is 72.3 Å². The van der Waals surface area contributed by atoms with Gasteiger partial charge in [0.1, 0.15) is 0 Å². The molecule has 0 aliphatic carbocycles. The molecule has 84 valence electrons. The highest BCUT2D eigenvalue weighted by molar-refractivity contribution is 5.85. The molecule has 1 aromatic carbocycles. The number of amides is 2. The van der Waals surface area contributed by atoms with E-state index >= 15 is 0 Å². The Balaban J connectivity index is 0.00000196. The minimum Gasteiger partial charge on any atom is -0.350 e. The molecule has 1 atom stereocenters. The summed E-state index contributed by atoms with van der Waals surface area (Å²) in [7, 11) is 0. The molecule has 0 aliphatic heterocycles. The van der Waals surface area contributed by atoms with E-state index in [-0.39, 0.29) is 18.4 Å². The molecular weight excluding hydrogens is 214 g/mol. The van der Waals surface area contributed by atoms with Gasteiger partial charge in [-0.05, 0) is 18.9 Å². The summed E-state index contributed by atoms with van der Waals surface area (Å²) in [6.45, 7) is 1.86. The Hall–Kier alpha value is -1.26. The van der Waals surface area contributed by atoms with E-state index in [4.69, 9.17) is 11.6 Å². The molecular formula is C10H16ClN3O. The van der Waals surface area contributed by atoms with Crippen LogP contribution in [0.3, 0.4) is 0 Å². The number of urea groups is 1. The summed E-state index contributed by atoms with van der Waals surface area (Å²) < 4.78 is 0. The first kappa shape index (κ1) is 13.7. The summed E-state index contributed by atoms with van der Waals surface area (Å²) in [4.78, 5) is 10.8. The fourth-order valence-electron chi connectivity index (χ4n) is 1.27. The molecule has 1 aromatic rings. The molecule has 4 nitrogen and oxygen atoms in total. The van der Waals surface area contributed by atoms with Gasteiger partial charge in [0, 0.05) is 0 Å². The zero-order chi connectivity index (χ0) is 10.6. The van der Waals surface area contributed by atoms with Crippen molar-refractivity contribution in [1.82, 2.24) is 5.01 Å². The van der Waals surface area contributed by atoms with Crippen molar-refractivity contribution in [3.63, 3.8) is 0 Å². The minimum absolute atomic E-state index is 0. The first-order valence-corrected chi connectivity index (χ1v) is 4.48. The Kier molecular flexibility index (Phi) is 5.74. The standard InChI is InChI=1S/C10H15N3O.ClH/c1-8(13(12)10(11)14)7-9-5-3-2-4-6-9;/h2-6,8H,7,12H2,1H3,(H2,11,14);1H. The highest BCUT2D eigenvalue weighted by Gasteiger charge is 2.13. The lowest BCUT2D eigenvalue weighted by Gasteiger charge is -2.21. The average molecular weight is 230 g/mol. The lowest BCUT2D eigenvalue weighted by molar-refractivity contribution is 0.189. The smallest absolute Gasteiger partial charge is 0.329 e. The van der Waals surface area contributed by atoms with Gasteiger partial charge in [-0.15, -0.1) is 12.4 Å². The Labute approximate surface area is 95.6 Å². The number of nitrogens with zero attached hydrogens (tertiary/aromatic N) is 1. The van der Waals surface area contributed by atoms with Crippen LogP contribution in [0.15, 0.2) is 30.3 Å². The molecule has 0 radical (unpaired) electrons. The highest BCUT2D eigenvalue weighted by Crippen LogP contribution is 2.05. The van der Waals surface area contributed by atoms with Gasteiger partial charge >= 0.3 is 6.03 Å². The zero-order valence-corrected chi connectivity index (χ0v) is 9.41. The maximum absolute atomic E-state index is 10.8. The van der Waals surface area contributed by atoms with Gasteiger partial charge in [-0.25, -0.2) is 10.6 Å². The van der Waals surface area contributed by atoms with Gasteiger partial charge in [0.2, 0.25) is 0 Å². The van der Waals surface area contributed by atoms with Crippen molar-refractivity contribution in [2.45, 2.75) is 19.4 Å². The number of hydrogen-bond acceptors (Lipinski definition) is 2. The van der Waals surface area contributed by atoms with Crippen LogP contribution >= 0.6 is 12.4 Å². The average Bonchev–Trinajstić information content (AvgIpc) is 2.18. The molecule has 0 saturated heterocycles. The van der Waals surface area contributed by atoms with Crippen molar-refractivity contribution in [3.05, 3.63) is 35.9 Å². The van der Waals surface area contributed by atoms with Gasteiger partial charge in [-0.1, -0.05) is 30.3 Å². The molecule has 0 saturated carbocycles. The maximum Gasteiger partial charge on any atom is 0.329 e. The van der Waals surface area contributed by atoms with Crippen LogP contribution in [0.1, 0.15) is 12.5 Å². The van der Waals surface area contributed by atoms with Gasteiger partial charge < -0.3 is 5.73 Å². The summed E-state index contributed by atoms with van der Waals surface area (Å²) in [5.41, 5.74) is 6.19. The Bertz CT molecular complexity index is 305. The molecule has 1 rings (SSSR count). The second-order valence-corrected chi connectivity index (χ2v) is 3.28. The largest absolute Gasteiger partial charge is 0.350 e. The Morgan fingerprint density at radius 1 is 1.40 bits per heavy atom. The van der Waals surface area contributed by atoms with E-state index in [1.54, 1.807) is 0 Å². The Morgan fingerprint density at radius 2 is 1.93 bits per heavy atom. The molecule has 2 amide bonds. The molecule has 4 N–H and O–H groups in total. The zero-order valence-electron chi connectivity index (χ0n) is 8.59. The van der Waals surface area contributed by atoms with Gasteiger partial charge in [-0.3, -0.25) is 5.01 Å². The summed E-state index contributed by atoms with van der Waals surface area (Å²) in [6.07, 6.45) is 0.709. The molecule has 0 bridgehead atoms. The molecule has 0 aromatic heterocycles. The van der Waals surface area contributed by atoms with Crippen molar-refractivity contribution in [1.29, 1.82) is 0 Å². The third-order valence-electron chi connectivity index (χ3n) is 2.10. The van der Waals surface area contributed by atoms with Crippen LogP contribution in [0.2, 0.25) is 0 Å². The molecule has 0 fully saturated rings. The van der Waals surface area contributed by atoms with Crippen molar-refractivity contribution < 1.29 is 4.79 Å². The van der Waals surface area contributed by atoms with Crippen LogP contribution in [-0.2, 0) is 6.42 Å². The lowest BCUT2D eigenvalue weighted by atomic mass is 10.1. The lowest BCUT2D eigenvalue weighted by Crippen LogP contribution is -2.48. The second-order valence-electron chi connectivity index (χ2n) is 3.28. The van der Waals surface area contributed by atoms with Crippen molar-refractivity contribution in [2.75, 3.05) is 0 Å². The number of hydrogen-bond donors (Lipinski definition) is 2. The van der Waals surface area contributed by atoms with Crippen LogP contribution < -0.4 is 11.6 Å². The molecule has 1 unspecified atom stereocenters. The molecule has 0 spiro atoms. The normalized spacial score (nSPS) is 11.3. The third kappa shape index (κ3) is 4.18. The summed E-state index contributed by atoms with van der Waals surface area (Å²) in [5, 5.41) is 1.05. The molecule has 5 heteroatoms. The fraction of sp³-hybridized carbons (Fsp3) is 0.300. The first-order valence-electron chi connectivity index (χ1n) is 4.48. The summed E-state index contributed by atoms with van der Waals surface area (Å²) in [5.74, 6) is 5.47. The van der Waals surface area contributed by atoms with E-state index in [0.29, 0.717) is 6.42 Å². The van der Waals surface area contributed by atoms with E-state index in [1.807, 2.05) is 37.3 Å². The predicted octanol–water partition coefficient (Wildman–Crippen LogP) is 1.29. The number of halogens is 1. The van der Waals surface area contributed by atoms with Gasteiger partial charge in [0.05, 0.1) is 6.04 Å². The van der Waals surface area contributed by atoms with E-state index in [0.717, 1.165) is 10.6 Å². The van der Waals surface area contributed by atoms with Crippen molar-refractivity contribution in [2.24, 2.45) is 11.6 Å². The Morgan fingerprint density at radius 3 is 2.40 bits per heavy atom. The molecule has 15 heavy (non-hydrogen) atoms. The van der Waals surface area contributed by atoms with Crippen LogP contribution in [-0.4, -0.2) is 17.1 Å². The second kappa shape index (κ2) is 6.27. The maximum atomic E-state index is 10.8. The predicted molar refractivity (Wildman–Crippen MR) is 62.5 cm³/mol. The quantitative estimate of drug-likeness (QED) is 0.466. The number of benzene rings is 1. The molecule has 0 aliphatic rings. The number of hydrazine groups is 1. The number of carbonyl (C=O) groups excluding carboxylic acids is 1.